The summed E-state index contributed by atoms with van der Waals surface area (Å²) >= 11 is 0. The lowest BCUT2D eigenvalue weighted by molar-refractivity contribution is -0.135. The Morgan fingerprint density at radius 1 is 1.36 bits per heavy atom. The summed E-state index contributed by atoms with van der Waals surface area (Å²) in [5, 5.41) is 2.86. The van der Waals surface area contributed by atoms with Gasteiger partial charge < -0.3 is 5.32 Å². The lowest BCUT2D eigenvalue weighted by Crippen LogP contribution is -2.59. The van der Waals surface area contributed by atoms with Gasteiger partial charge in [-0.1, -0.05) is 39.4 Å². The second-order valence-electron chi connectivity index (χ2n) is 5.28. The van der Waals surface area contributed by atoms with Crippen molar-refractivity contribution < 1.29 is 4.79 Å². The smallest absolute Gasteiger partial charge is 0.227 e. The minimum Gasteiger partial charge on any atom is -0.341 e. The van der Waals surface area contributed by atoms with Gasteiger partial charge in [-0.05, 0) is 5.92 Å². The first-order chi connectivity index (χ1) is 6.31. The number of rotatable bonds is 1. The van der Waals surface area contributed by atoms with Crippen LogP contribution in [-0.4, -0.2) is 20.0 Å². The maximum absolute atomic E-state index is 11.2. The van der Waals surface area contributed by atoms with Gasteiger partial charge in [-0.25, -0.2) is 0 Å². The van der Waals surface area contributed by atoms with Gasteiger partial charge in [0.15, 0.2) is 0 Å². The molecule has 0 unspecified atom stereocenters. The number of carbonyl (C=O) groups excluding carboxylic acids is 1. The van der Waals surface area contributed by atoms with Crippen LogP contribution in [0.25, 0.3) is 0 Å². The molecule has 0 aromatic carbocycles. The van der Waals surface area contributed by atoms with E-state index >= 15 is 0 Å². The van der Waals surface area contributed by atoms with Crippen molar-refractivity contribution >= 4 is 14.0 Å². The molecular weight excluding hydrogens is 190 g/mol. The molecule has 3 heteroatoms. The zero-order chi connectivity index (χ0) is 10.9. The summed E-state index contributed by atoms with van der Waals surface area (Å²) in [6.07, 6.45) is 0. The first kappa shape index (κ1) is 11.3. The second kappa shape index (κ2) is 3.78. The topological polar surface area (TPSA) is 29.1 Å². The van der Waals surface area contributed by atoms with Crippen LogP contribution in [0.5, 0.6) is 0 Å². The van der Waals surface area contributed by atoms with Gasteiger partial charge >= 0.3 is 0 Å². The fourth-order valence-electron chi connectivity index (χ4n) is 1.50. The van der Waals surface area contributed by atoms with Crippen LogP contribution in [0, 0.1) is 23.3 Å². The van der Waals surface area contributed by atoms with Crippen LogP contribution in [0.3, 0.4) is 0 Å². The summed E-state index contributed by atoms with van der Waals surface area (Å²) in [4.78, 5) is 11.2. The van der Waals surface area contributed by atoms with Crippen LogP contribution in [0.4, 0.5) is 0 Å². The van der Waals surface area contributed by atoms with E-state index in [1.807, 2.05) is 0 Å². The van der Waals surface area contributed by atoms with E-state index in [4.69, 9.17) is 0 Å². The molecule has 1 saturated heterocycles. The third-order valence-corrected chi connectivity index (χ3v) is 3.17. The zero-order valence-electron chi connectivity index (χ0n) is 9.64. The fraction of sp³-hybridized carbons (Fsp3) is 0.727. The summed E-state index contributed by atoms with van der Waals surface area (Å²) in [5.74, 6) is 3.87. The van der Waals surface area contributed by atoms with E-state index in [-0.39, 0.29) is 17.9 Å². The molecule has 1 amide bonds. The fourth-order valence-corrected chi connectivity index (χ4v) is 2.09. The lowest BCUT2D eigenvalue weighted by atomic mass is 9.82. The lowest BCUT2D eigenvalue weighted by Gasteiger charge is -2.36. The molecule has 1 fully saturated rings. The van der Waals surface area contributed by atoms with E-state index in [0.29, 0.717) is 5.92 Å². The number of hydrogen-bond donors (Lipinski definition) is 1. The molecule has 1 rings (SSSR count). The maximum atomic E-state index is 11.2. The molecule has 2 atom stereocenters. The van der Waals surface area contributed by atoms with Crippen LogP contribution in [0.1, 0.15) is 13.8 Å². The van der Waals surface area contributed by atoms with Crippen LogP contribution >= 0.6 is 0 Å². The Labute approximate surface area is 87.5 Å². The minimum absolute atomic E-state index is 0.106. The maximum Gasteiger partial charge on any atom is 0.227 e. The van der Waals surface area contributed by atoms with Gasteiger partial charge in [0.05, 0.1) is 5.92 Å². The Bertz CT molecular complexity index is 293. The van der Waals surface area contributed by atoms with Gasteiger partial charge in [0, 0.05) is 0 Å². The number of nitrogens with one attached hydrogen (secondary N) is 1. The molecule has 0 aromatic rings. The molecule has 78 valence electrons. The van der Waals surface area contributed by atoms with Crippen molar-refractivity contribution in [2.24, 2.45) is 11.8 Å². The van der Waals surface area contributed by atoms with Gasteiger partial charge in [0.2, 0.25) is 5.91 Å². The standard InChI is InChI=1S/C11H19NOSi/c1-8(2)10-9(12-11(10)13)6-7-14(3,4)5/h8-10H,1-5H3,(H,12,13)/t9-,10+/m1/s1. The number of hydrogen-bond acceptors (Lipinski definition) is 1. The van der Waals surface area contributed by atoms with E-state index in [1.165, 1.54) is 0 Å². The molecule has 1 N–H and O–H groups in total. The van der Waals surface area contributed by atoms with Crippen molar-refractivity contribution in [1.82, 2.24) is 5.32 Å². The first-order valence-electron chi connectivity index (χ1n) is 5.14. The summed E-state index contributed by atoms with van der Waals surface area (Å²) in [6, 6.07) is 0.106. The zero-order valence-corrected chi connectivity index (χ0v) is 10.6. The monoisotopic (exact) mass is 209 g/mol. The Kier molecular flexibility index (Phi) is 3.06. The highest BCUT2D eigenvalue weighted by Crippen LogP contribution is 2.23. The van der Waals surface area contributed by atoms with Gasteiger partial charge in [-0.15, -0.1) is 5.54 Å². The average molecular weight is 209 g/mol. The normalized spacial score (nSPS) is 26.3. The van der Waals surface area contributed by atoms with Crippen molar-refractivity contribution in [3.05, 3.63) is 0 Å². The van der Waals surface area contributed by atoms with Crippen molar-refractivity contribution in [2.75, 3.05) is 0 Å². The Morgan fingerprint density at radius 3 is 2.29 bits per heavy atom. The van der Waals surface area contributed by atoms with Gasteiger partial charge in [0.25, 0.3) is 0 Å². The van der Waals surface area contributed by atoms with Crippen molar-refractivity contribution in [3.63, 3.8) is 0 Å². The van der Waals surface area contributed by atoms with E-state index in [1.54, 1.807) is 0 Å². The average Bonchev–Trinajstić information content (AvgIpc) is 1.93. The number of carbonyl (C=O) groups is 1. The summed E-state index contributed by atoms with van der Waals surface area (Å²) in [6.45, 7) is 10.8. The largest absolute Gasteiger partial charge is 0.341 e. The Balaban J connectivity index is 2.63. The SMILES string of the molecule is CC(C)[C@@H]1C(=O)N[C@@H]1C#C[Si](C)(C)C. The van der Waals surface area contributed by atoms with Crippen molar-refractivity contribution in [2.45, 2.75) is 39.5 Å². The van der Waals surface area contributed by atoms with Crippen molar-refractivity contribution in [3.8, 4) is 11.5 Å². The quantitative estimate of drug-likeness (QED) is 0.397. The summed E-state index contributed by atoms with van der Waals surface area (Å²) < 4.78 is 0. The predicted molar refractivity (Wildman–Crippen MR) is 61.4 cm³/mol. The molecule has 0 radical (unpaired) electrons. The van der Waals surface area contributed by atoms with E-state index in [9.17, 15) is 4.79 Å². The van der Waals surface area contributed by atoms with Crippen LogP contribution < -0.4 is 5.32 Å². The van der Waals surface area contributed by atoms with E-state index in [2.05, 4.69) is 50.3 Å². The number of amides is 1. The van der Waals surface area contributed by atoms with Gasteiger partial charge in [-0.2, -0.15) is 0 Å². The predicted octanol–water partition coefficient (Wildman–Crippen LogP) is 1.64. The minimum atomic E-state index is -1.30. The molecule has 2 nitrogen and oxygen atoms in total. The molecule has 1 aliphatic rings. The van der Waals surface area contributed by atoms with Crippen molar-refractivity contribution in [1.29, 1.82) is 0 Å². The Morgan fingerprint density at radius 2 is 1.93 bits per heavy atom. The molecule has 1 heterocycles. The highest BCUT2D eigenvalue weighted by molar-refractivity contribution is 6.83. The van der Waals surface area contributed by atoms with Crippen LogP contribution in [0.2, 0.25) is 19.6 Å². The number of β-lactam (4-membered cyclic amide) rings is 1. The molecule has 1 aliphatic heterocycles. The van der Waals surface area contributed by atoms with E-state index in [0.717, 1.165) is 0 Å². The molecule has 0 aliphatic carbocycles. The van der Waals surface area contributed by atoms with Crippen LogP contribution in [0.15, 0.2) is 0 Å². The summed E-state index contributed by atoms with van der Waals surface area (Å²) in [7, 11) is -1.30. The Hall–Kier alpha value is -0.753. The van der Waals surface area contributed by atoms with E-state index < -0.39 is 8.07 Å². The summed E-state index contributed by atoms with van der Waals surface area (Å²) in [5.41, 5.74) is 3.30. The van der Waals surface area contributed by atoms with Crippen LogP contribution in [-0.2, 0) is 4.79 Å². The molecular formula is C11H19NOSi. The molecule has 0 aromatic heterocycles. The highest BCUT2D eigenvalue weighted by Gasteiger charge is 2.40. The van der Waals surface area contributed by atoms with Gasteiger partial charge in [0.1, 0.15) is 14.1 Å². The molecule has 0 bridgehead atoms. The third-order valence-electron chi connectivity index (χ3n) is 2.28. The molecule has 0 saturated carbocycles. The molecule has 0 spiro atoms. The second-order valence-corrected chi connectivity index (χ2v) is 10.0. The first-order valence-corrected chi connectivity index (χ1v) is 8.64. The molecule has 14 heavy (non-hydrogen) atoms. The third kappa shape index (κ3) is 2.62. The van der Waals surface area contributed by atoms with Gasteiger partial charge in [-0.3, -0.25) is 4.79 Å². The highest BCUT2D eigenvalue weighted by atomic mass is 28.3.